The van der Waals surface area contributed by atoms with Crippen LogP contribution >= 0.6 is 0 Å². The molecule has 0 aliphatic heterocycles. The van der Waals surface area contributed by atoms with Crippen molar-refractivity contribution in [3.05, 3.63) is 101 Å². The zero-order chi connectivity index (χ0) is 19.1. The fourth-order valence-electron chi connectivity index (χ4n) is 2.67. The Labute approximate surface area is 158 Å². The maximum Gasteiger partial charge on any atom is 0.253 e. The summed E-state index contributed by atoms with van der Waals surface area (Å²) >= 11 is 0. The van der Waals surface area contributed by atoms with E-state index >= 15 is 0 Å². The molecule has 0 aliphatic carbocycles. The average Bonchev–Trinajstić information content (AvgIpc) is 2.73. The minimum absolute atomic E-state index is 0.144. The largest absolute Gasteiger partial charge is 0.348 e. The molecule has 2 N–H and O–H groups in total. The smallest absolute Gasteiger partial charge is 0.253 e. The third-order valence-electron chi connectivity index (χ3n) is 4.21. The van der Waals surface area contributed by atoms with Gasteiger partial charge in [-0.2, -0.15) is 0 Å². The van der Waals surface area contributed by atoms with Gasteiger partial charge in [-0.3, -0.25) is 14.6 Å². The van der Waals surface area contributed by atoms with E-state index in [9.17, 15) is 9.59 Å². The number of aromatic nitrogens is 1. The summed E-state index contributed by atoms with van der Waals surface area (Å²) in [6, 6.07) is 20.7. The van der Waals surface area contributed by atoms with E-state index in [-0.39, 0.29) is 17.9 Å². The van der Waals surface area contributed by atoms with Crippen LogP contribution in [0.1, 0.15) is 44.8 Å². The minimum atomic E-state index is -0.267. The van der Waals surface area contributed by atoms with Crippen LogP contribution < -0.4 is 10.6 Å². The third-order valence-corrected chi connectivity index (χ3v) is 4.21. The molecular weight excluding hydrogens is 338 g/mol. The molecule has 5 nitrogen and oxygen atoms in total. The molecule has 0 spiro atoms. The van der Waals surface area contributed by atoms with Gasteiger partial charge in [0, 0.05) is 18.9 Å². The van der Waals surface area contributed by atoms with Crippen LogP contribution in [-0.4, -0.2) is 16.8 Å². The summed E-state index contributed by atoms with van der Waals surface area (Å²) in [6.07, 6.45) is 2.92. The zero-order valence-electron chi connectivity index (χ0n) is 15.1. The van der Waals surface area contributed by atoms with E-state index in [1.54, 1.807) is 6.07 Å². The van der Waals surface area contributed by atoms with Crippen molar-refractivity contribution in [2.45, 2.75) is 19.5 Å². The van der Waals surface area contributed by atoms with Gasteiger partial charge in [-0.1, -0.05) is 60.7 Å². The Morgan fingerprint density at radius 3 is 2.15 bits per heavy atom. The normalized spacial score (nSPS) is 11.4. The Balaban J connectivity index is 1.64. The summed E-state index contributed by atoms with van der Waals surface area (Å²) in [4.78, 5) is 28.9. The van der Waals surface area contributed by atoms with E-state index < -0.39 is 0 Å². The number of rotatable bonds is 6. The molecule has 0 radical (unpaired) electrons. The number of carbonyl (C=O) groups is 2. The molecule has 1 aromatic heterocycles. The molecule has 0 bridgehead atoms. The summed E-state index contributed by atoms with van der Waals surface area (Å²) in [5.74, 6) is -0.534. The zero-order valence-corrected chi connectivity index (χ0v) is 15.1. The molecule has 136 valence electrons. The molecule has 1 atom stereocenters. The van der Waals surface area contributed by atoms with Crippen LogP contribution in [0.4, 0.5) is 0 Å². The van der Waals surface area contributed by atoms with E-state index in [0.29, 0.717) is 17.7 Å². The topological polar surface area (TPSA) is 71.1 Å². The number of benzene rings is 2. The molecule has 0 saturated carbocycles. The van der Waals surface area contributed by atoms with Gasteiger partial charge in [0.25, 0.3) is 11.8 Å². The molecule has 0 aliphatic rings. The molecule has 0 fully saturated rings. The van der Waals surface area contributed by atoms with E-state index in [0.717, 1.165) is 11.1 Å². The average molecular weight is 359 g/mol. The van der Waals surface area contributed by atoms with Crippen molar-refractivity contribution in [3.63, 3.8) is 0 Å². The Bertz CT molecular complexity index is 911. The van der Waals surface area contributed by atoms with Gasteiger partial charge in [0.05, 0.1) is 17.2 Å². The van der Waals surface area contributed by atoms with Crippen molar-refractivity contribution >= 4 is 11.8 Å². The van der Waals surface area contributed by atoms with Gasteiger partial charge in [-0.05, 0) is 24.1 Å². The number of hydrogen-bond acceptors (Lipinski definition) is 3. The highest BCUT2D eigenvalue weighted by Crippen LogP contribution is 2.12. The van der Waals surface area contributed by atoms with Gasteiger partial charge in [0.2, 0.25) is 0 Å². The third kappa shape index (κ3) is 5.01. The highest BCUT2D eigenvalue weighted by atomic mass is 16.2. The minimum Gasteiger partial charge on any atom is -0.348 e. The maximum atomic E-state index is 12.5. The lowest BCUT2D eigenvalue weighted by Crippen LogP contribution is -2.28. The van der Waals surface area contributed by atoms with Crippen LogP contribution in [0.15, 0.2) is 79.1 Å². The fourth-order valence-corrected chi connectivity index (χ4v) is 2.67. The van der Waals surface area contributed by atoms with Crippen LogP contribution in [0.5, 0.6) is 0 Å². The highest BCUT2D eigenvalue weighted by molar-refractivity contribution is 5.99. The second-order valence-corrected chi connectivity index (χ2v) is 6.24. The van der Waals surface area contributed by atoms with Gasteiger partial charge in [0.1, 0.15) is 0 Å². The summed E-state index contributed by atoms with van der Waals surface area (Å²) in [6.45, 7) is 2.33. The highest BCUT2D eigenvalue weighted by Gasteiger charge is 2.14. The first-order chi connectivity index (χ1) is 13.1. The van der Waals surface area contributed by atoms with Gasteiger partial charge in [-0.25, -0.2) is 0 Å². The van der Waals surface area contributed by atoms with Crippen molar-refractivity contribution in [1.29, 1.82) is 0 Å². The predicted molar refractivity (Wildman–Crippen MR) is 104 cm³/mol. The van der Waals surface area contributed by atoms with Crippen LogP contribution in [0.2, 0.25) is 0 Å². The molecular formula is C22H21N3O2. The number of amides is 2. The van der Waals surface area contributed by atoms with Crippen molar-refractivity contribution < 1.29 is 9.59 Å². The van der Waals surface area contributed by atoms with Crippen LogP contribution in [0.3, 0.4) is 0 Å². The Kier molecular flexibility index (Phi) is 5.94. The van der Waals surface area contributed by atoms with Crippen molar-refractivity contribution in [2.75, 3.05) is 0 Å². The number of nitrogens with one attached hydrogen (secondary N) is 2. The number of nitrogens with zero attached hydrogens (tertiary/aromatic N) is 1. The van der Waals surface area contributed by atoms with Gasteiger partial charge < -0.3 is 10.6 Å². The Hall–Kier alpha value is -3.47. The quantitative estimate of drug-likeness (QED) is 0.708. The van der Waals surface area contributed by atoms with Crippen LogP contribution in [0.25, 0.3) is 0 Å². The first-order valence-corrected chi connectivity index (χ1v) is 8.76. The molecule has 1 heterocycles. The summed E-state index contributed by atoms with van der Waals surface area (Å²) in [5, 5.41) is 5.76. The molecule has 2 aromatic carbocycles. The van der Waals surface area contributed by atoms with Crippen molar-refractivity contribution in [2.24, 2.45) is 0 Å². The van der Waals surface area contributed by atoms with Crippen molar-refractivity contribution in [1.82, 2.24) is 15.6 Å². The van der Waals surface area contributed by atoms with Crippen molar-refractivity contribution in [3.8, 4) is 0 Å². The summed E-state index contributed by atoms with van der Waals surface area (Å²) in [5.41, 5.74) is 2.72. The standard InChI is InChI=1S/C22H21N3O2/c1-16(18-10-6-3-7-11-18)25-22(27)20-12-19(14-23-15-20)21(26)24-13-17-8-4-2-5-9-17/h2-12,14-16H,13H2,1H3,(H,24,26)(H,25,27). The lowest BCUT2D eigenvalue weighted by molar-refractivity contribution is 0.0939. The lowest BCUT2D eigenvalue weighted by atomic mass is 10.1. The van der Waals surface area contributed by atoms with Gasteiger partial charge in [-0.15, -0.1) is 0 Å². The van der Waals surface area contributed by atoms with Gasteiger partial charge in [0.15, 0.2) is 0 Å². The molecule has 3 rings (SSSR count). The molecule has 1 unspecified atom stereocenters. The molecule has 2 amide bonds. The lowest BCUT2D eigenvalue weighted by Gasteiger charge is -2.14. The maximum absolute atomic E-state index is 12.5. The number of carbonyl (C=O) groups excluding carboxylic acids is 2. The van der Waals surface area contributed by atoms with E-state index in [1.807, 2.05) is 67.6 Å². The second kappa shape index (κ2) is 8.76. The number of hydrogen-bond donors (Lipinski definition) is 2. The van der Waals surface area contributed by atoms with Crippen LogP contribution in [-0.2, 0) is 6.54 Å². The Morgan fingerprint density at radius 1 is 0.889 bits per heavy atom. The first-order valence-electron chi connectivity index (χ1n) is 8.76. The molecule has 0 saturated heterocycles. The van der Waals surface area contributed by atoms with Crippen LogP contribution in [0, 0.1) is 0 Å². The second-order valence-electron chi connectivity index (χ2n) is 6.24. The molecule has 27 heavy (non-hydrogen) atoms. The van der Waals surface area contributed by atoms with Gasteiger partial charge >= 0.3 is 0 Å². The fraction of sp³-hybridized carbons (Fsp3) is 0.136. The monoisotopic (exact) mass is 359 g/mol. The van der Waals surface area contributed by atoms with E-state index in [4.69, 9.17) is 0 Å². The Morgan fingerprint density at radius 2 is 1.48 bits per heavy atom. The SMILES string of the molecule is CC(NC(=O)c1cncc(C(=O)NCc2ccccc2)c1)c1ccccc1. The number of pyridine rings is 1. The first kappa shape index (κ1) is 18.3. The molecule has 3 aromatic rings. The van der Waals surface area contributed by atoms with E-state index in [1.165, 1.54) is 12.4 Å². The summed E-state index contributed by atoms with van der Waals surface area (Å²) in [7, 11) is 0. The summed E-state index contributed by atoms with van der Waals surface area (Å²) < 4.78 is 0. The molecule has 5 heteroatoms. The predicted octanol–water partition coefficient (Wildman–Crippen LogP) is 3.50. The van der Waals surface area contributed by atoms with E-state index in [2.05, 4.69) is 15.6 Å².